The molecule has 1 amide bonds. The van der Waals surface area contributed by atoms with Gasteiger partial charge in [-0.05, 0) is 210 Å². The minimum Gasteiger partial charge on any atom is -0.462 e. The number of fused-ring (bicyclic) bond motifs is 7. The normalized spacial score (nSPS) is 30.0. The monoisotopic (exact) mass is 1080 g/mol. The molecular weight excluding hydrogens is 982 g/mol. The highest BCUT2D eigenvalue weighted by Gasteiger charge is 2.71. The number of carbonyl (C=O) groups excluding carboxylic acids is 6. The maximum absolute atomic E-state index is 15.0. The maximum atomic E-state index is 15.0. The van der Waals surface area contributed by atoms with E-state index in [-0.39, 0.29) is 89.6 Å². The Kier molecular flexibility index (Phi) is 16.9. The molecule has 0 spiro atoms. The maximum Gasteiger partial charge on any atom is 0.410 e. The molecule has 4 saturated carbocycles. The van der Waals surface area contributed by atoms with Crippen molar-refractivity contribution < 1.29 is 52.5 Å². The standard InChI is InChI=1S/C63H96ClNO11/c1-38(2)49-42(66)33-63(46(73-48(68)35-58(14,15)52(70)75-55(6,7)8)37-65(53(71)76-56(9,10)11)36-39-21-23-40(64)24-22-39)32-31-61(19)41(50(49)63)25-26-44-60(18)29-28-45(59(16,17)43(60)27-30-62(44,61)20)72-47(67)34-57(12,13)51(69)74-54(3,4)5/h21-24,38,41,43-46H,25-37H2,1-20H3. The second-order valence-corrected chi connectivity index (χ2v) is 30.2. The number of nitrogens with zero attached hydrogens (tertiary/aromatic N) is 1. The first-order valence-electron chi connectivity index (χ1n) is 28.4. The van der Waals surface area contributed by atoms with Crippen LogP contribution in [0.15, 0.2) is 35.4 Å². The van der Waals surface area contributed by atoms with Gasteiger partial charge < -0.3 is 28.6 Å². The lowest BCUT2D eigenvalue weighted by molar-refractivity contribution is -0.236. The molecule has 13 heteroatoms. The number of allylic oxidation sites excluding steroid dienone is 1. The summed E-state index contributed by atoms with van der Waals surface area (Å²) in [4.78, 5) is 86.4. The van der Waals surface area contributed by atoms with Crippen LogP contribution in [0.2, 0.25) is 5.02 Å². The third kappa shape index (κ3) is 12.3. The van der Waals surface area contributed by atoms with Gasteiger partial charge in [0, 0.05) is 28.8 Å². The molecule has 4 fully saturated rings. The van der Waals surface area contributed by atoms with Crippen LogP contribution >= 0.6 is 11.6 Å². The number of ketones is 1. The van der Waals surface area contributed by atoms with E-state index in [4.69, 9.17) is 35.3 Å². The van der Waals surface area contributed by atoms with Crippen LogP contribution in [-0.2, 0) is 54.2 Å². The second-order valence-electron chi connectivity index (χ2n) is 29.8. The first-order valence-corrected chi connectivity index (χ1v) is 28.8. The van der Waals surface area contributed by atoms with Gasteiger partial charge in [0.15, 0.2) is 5.78 Å². The molecule has 0 heterocycles. The molecule has 1 aromatic carbocycles. The minimum absolute atomic E-state index is 0.0178. The van der Waals surface area contributed by atoms with Crippen LogP contribution in [0.25, 0.3) is 0 Å². The molecular formula is C63H96ClNO11. The van der Waals surface area contributed by atoms with E-state index in [0.717, 1.165) is 55.2 Å². The van der Waals surface area contributed by atoms with E-state index in [1.165, 1.54) is 0 Å². The van der Waals surface area contributed by atoms with Gasteiger partial charge in [-0.3, -0.25) is 24.0 Å². The van der Waals surface area contributed by atoms with Crippen molar-refractivity contribution >= 4 is 47.4 Å². The van der Waals surface area contributed by atoms with Crippen molar-refractivity contribution in [3.8, 4) is 0 Å². The average molecular weight is 1080 g/mol. The van der Waals surface area contributed by atoms with E-state index >= 15 is 4.79 Å². The summed E-state index contributed by atoms with van der Waals surface area (Å²) in [5.74, 6) is -1.42. The van der Waals surface area contributed by atoms with E-state index in [1.807, 2.05) is 53.7 Å². The molecule has 6 rings (SSSR count). The van der Waals surface area contributed by atoms with Gasteiger partial charge in [0.05, 0.1) is 30.2 Å². The quantitative estimate of drug-likeness (QED) is 0.129. The Bertz CT molecular complexity index is 2430. The number of Topliss-reactive ketones (excluding diaryl/α,β-unsaturated/α-hetero) is 1. The fourth-order valence-corrected chi connectivity index (χ4v) is 15.4. The number of carbonyl (C=O) groups is 6. The van der Waals surface area contributed by atoms with Gasteiger partial charge in [0.25, 0.3) is 0 Å². The van der Waals surface area contributed by atoms with Crippen molar-refractivity contribution in [3.05, 3.63) is 46.0 Å². The van der Waals surface area contributed by atoms with Gasteiger partial charge in [-0.15, -0.1) is 0 Å². The SMILES string of the molecule is CC(C)C1=C2C3CCC4C5(C)CCC(OC(=O)CC(C)(C)C(=O)OC(C)(C)C)C(C)(C)C5CCC4(C)C3(C)CCC2(C(CN(Cc2ccc(Cl)cc2)C(=O)OC(C)(C)C)OC(=O)CC(C)(C)C(=O)OC(C)(C)C)CC1=O. The van der Waals surface area contributed by atoms with E-state index in [1.54, 1.807) is 65.5 Å². The third-order valence-corrected chi connectivity index (χ3v) is 19.2. The summed E-state index contributed by atoms with van der Waals surface area (Å²) in [5.41, 5.74) is -3.64. The molecule has 0 saturated heterocycles. The summed E-state index contributed by atoms with van der Waals surface area (Å²) in [7, 11) is 0. The van der Waals surface area contributed by atoms with Crippen molar-refractivity contribution in [2.45, 2.75) is 245 Å². The third-order valence-electron chi connectivity index (χ3n) is 19.0. The topological polar surface area (TPSA) is 152 Å². The molecule has 0 aliphatic heterocycles. The van der Waals surface area contributed by atoms with Crippen LogP contribution in [-0.4, -0.2) is 76.2 Å². The number of rotatable bonds is 14. The highest BCUT2D eigenvalue weighted by Crippen LogP contribution is 2.77. The predicted molar refractivity (Wildman–Crippen MR) is 296 cm³/mol. The summed E-state index contributed by atoms with van der Waals surface area (Å²) in [6.07, 6.45) is 4.54. The average Bonchev–Trinajstić information content (AvgIpc) is 3.56. The largest absolute Gasteiger partial charge is 0.462 e. The molecule has 426 valence electrons. The summed E-state index contributed by atoms with van der Waals surface area (Å²) in [5, 5.41) is 0.553. The van der Waals surface area contributed by atoms with Gasteiger partial charge in [0.1, 0.15) is 29.0 Å². The summed E-state index contributed by atoms with van der Waals surface area (Å²) < 4.78 is 30.8. The zero-order valence-electron chi connectivity index (χ0n) is 50.3. The first-order chi connectivity index (χ1) is 34.5. The smallest absolute Gasteiger partial charge is 0.410 e. The van der Waals surface area contributed by atoms with Crippen LogP contribution in [0.4, 0.5) is 4.79 Å². The molecule has 12 nitrogen and oxygen atoms in total. The van der Waals surface area contributed by atoms with E-state index < -0.39 is 63.2 Å². The molecule has 9 atom stereocenters. The van der Waals surface area contributed by atoms with Gasteiger partial charge >= 0.3 is 30.0 Å². The van der Waals surface area contributed by atoms with Gasteiger partial charge in [-0.25, -0.2) is 4.79 Å². The van der Waals surface area contributed by atoms with Crippen LogP contribution in [0.5, 0.6) is 0 Å². The van der Waals surface area contributed by atoms with Crippen LogP contribution in [0.3, 0.4) is 0 Å². The van der Waals surface area contributed by atoms with Gasteiger partial charge in [-0.2, -0.15) is 0 Å². The molecule has 5 aliphatic carbocycles. The number of halogens is 1. The molecule has 0 bridgehead atoms. The second kappa shape index (κ2) is 20.9. The fraction of sp³-hybridized carbons (Fsp3) is 0.778. The van der Waals surface area contributed by atoms with E-state index in [2.05, 4.69) is 48.5 Å². The fourth-order valence-electron chi connectivity index (χ4n) is 15.2. The lowest BCUT2D eigenvalue weighted by Crippen LogP contribution is -2.66. The summed E-state index contributed by atoms with van der Waals surface area (Å²) in [6, 6.07) is 7.27. The van der Waals surface area contributed by atoms with Crippen LogP contribution in [0, 0.1) is 61.6 Å². The predicted octanol–water partition coefficient (Wildman–Crippen LogP) is 14.4. The van der Waals surface area contributed by atoms with Crippen molar-refractivity contribution in [2.24, 2.45) is 61.6 Å². The van der Waals surface area contributed by atoms with Crippen molar-refractivity contribution in [1.82, 2.24) is 4.90 Å². The molecule has 0 aromatic heterocycles. The zero-order chi connectivity index (χ0) is 57.4. The van der Waals surface area contributed by atoms with Gasteiger partial charge in [-0.1, -0.05) is 72.2 Å². The summed E-state index contributed by atoms with van der Waals surface area (Å²) in [6.45, 7) is 39.4. The molecule has 9 unspecified atom stereocenters. The number of amides is 1. The van der Waals surface area contributed by atoms with Crippen molar-refractivity contribution in [1.29, 1.82) is 0 Å². The number of hydrogen-bond donors (Lipinski definition) is 0. The van der Waals surface area contributed by atoms with Crippen LogP contribution < -0.4 is 0 Å². The van der Waals surface area contributed by atoms with Crippen molar-refractivity contribution in [2.75, 3.05) is 6.54 Å². The number of esters is 4. The number of hydrogen-bond acceptors (Lipinski definition) is 11. The lowest BCUT2D eigenvalue weighted by atomic mass is 9.33. The Hall–Kier alpha value is -3.93. The highest BCUT2D eigenvalue weighted by molar-refractivity contribution is 6.30. The zero-order valence-corrected chi connectivity index (χ0v) is 51.0. The van der Waals surface area contributed by atoms with Gasteiger partial charge in [0.2, 0.25) is 0 Å². The molecule has 5 aliphatic rings. The van der Waals surface area contributed by atoms with Crippen molar-refractivity contribution in [3.63, 3.8) is 0 Å². The minimum atomic E-state index is -1.24. The first kappa shape index (κ1) is 61.3. The molecule has 76 heavy (non-hydrogen) atoms. The number of benzene rings is 1. The molecule has 0 radical (unpaired) electrons. The Labute approximate surface area is 461 Å². The lowest BCUT2D eigenvalue weighted by Gasteiger charge is -2.72. The molecule has 0 N–H and O–H groups in total. The Morgan fingerprint density at radius 1 is 0.658 bits per heavy atom. The Morgan fingerprint density at radius 2 is 1.20 bits per heavy atom. The van der Waals surface area contributed by atoms with E-state index in [0.29, 0.717) is 23.8 Å². The Morgan fingerprint density at radius 3 is 1.72 bits per heavy atom. The molecule has 1 aromatic rings. The highest BCUT2D eigenvalue weighted by atomic mass is 35.5. The number of ether oxygens (including phenoxy) is 5. The van der Waals surface area contributed by atoms with E-state index in [9.17, 15) is 24.0 Å². The Balaban J connectivity index is 1.38. The summed E-state index contributed by atoms with van der Waals surface area (Å²) >= 11 is 6.34. The van der Waals surface area contributed by atoms with Crippen LogP contribution in [0.1, 0.15) is 215 Å².